The second-order valence-corrected chi connectivity index (χ2v) is 9.25. The molecule has 0 spiro atoms. The van der Waals surface area contributed by atoms with Gasteiger partial charge < -0.3 is 4.90 Å². The highest BCUT2D eigenvalue weighted by molar-refractivity contribution is 7.89. The normalized spacial score (nSPS) is 16.0. The van der Waals surface area contributed by atoms with Crippen LogP contribution in [0.2, 0.25) is 5.02 Å². The van der Waals surface area contributed by atoms with Crippen molar-refractivity contribution in [3.05, 3.63) is 58.4 Å². The number of rotatable bonds is 4. The monoisotopic (exact) mass is 461 g/mol. The van der Waals surface area contributed by atoms with E-state index in [1.165, 1.54) is 4.90 Å². The fourth-order valence-corrected chi connectivity index (χ4v) is 4.77. The van der Waals surface area contributed by atoms with Gasteiger partial charge in [-0.05, 0) is 36.8 Å². The van der Waals surface area contributed by atoms with Crippen LogP contribution in [0.25, 0.3) is 0 Å². The van der Waals surface area contributed by atoms with Crippen LogP contribution >= 0.6 is 11.6 Å². The molecule has 0 aliphatic carbocycles. The molecule has 1 aliphatic heterocycles. The Morgan fingerprint density at radius 2 is 1.80 bits per heavy atom. The number of piperazine rings is 1. The Balaban J connectivity index is 1.68. The van der Waals surface area contributed by atoms with Gasteiger partial charge in [-0.25, -0.2) is 8.42 Å². The van der Waals surface area contributed by atoms with Gasteiger partial charge in [0.25, 0.3) is 0 Å². The molecule has 2 aromatic rings. The first-order valence-electron chi connectivity index (χ1n) is 9.04. The van der Waals surface area contributed by atoms with Crippen molar-refractivity contribution >= 4 is 27.5 Å². The summed E-state index contributed by atoms with van der Waals surface area (Å²) in [6, 6.07) is 6.12. The average molecular weight is 462 g/mol. The van der Waals surface area contributed by atoms with Gasteiger partial charge in [-0.2, -0.15) is 17.5 Å². The van der Waals surface area contributed by atoms with Crippen LogP contribution in [0.5, 0.6) is 0 Å². The Labute approximate surface area is 177 Å². The van der Waals surface area contributed by atoms with Crippen molar-refractivity contribution in [3.63, 3.8) is 0 Å². The number of sulfonamides is 1. The van der Waals surface area contributed by atoms with E-state index in [1.807, 2.05) is 6.92 Å². The zero-order valence-corrected chi connectivity index (χ0v) is 17.6. The predicted molar refractivity (Wildman–Crippen MR) is 104 cm³/mol. The lowest BCUT2D eigenvalue weighted by Gasteiger charge is -2.34. The largest absolute Gasteiger partial charge is 0.417 e. The van der Waals surface area contributed by atoms with E-state index in [9.17, 15) is 26.4 Å². The Morgan fingerprint density at radius 3 is 2.37 bits per heavy atom. The molecule has 0 unspecified atom stereocenters. The molecule has 1 aromatic carbocycles. The summed E-state index contributed by atoms with van der Waals surface area (Å²) < 4.78 is 65.8. The molecule has 1 fully saturated rings. The highest BCUT2D eigenvalue weighted by atomic mass is 35.5. The number of hydrogen-bond donors (Lipinski definition) is 0. The Bertz CT molecular complexity index is 1040. The third-order valence-electron chi connectivity index (χ3n) is 4.80. The molecule has 2 heterocycles. The molecule has 0 saturated carbocycles. The van der Waals surface area contributed by atoms with Crippen LogP contribution in [0, 0.1) is 6.92 Å². The van der Waals surface area contributed by atoms with Crippen molar-refractivity contribution in [2.45, 2.75) is 24.4 Å². The van der Waals surface area contributed by atoms with Crippen molar-refractivity contribution in [1.29, 1.82) is 0 Å². The van der Waals surface area contributed by atoms with Crippen LogP contribution < -0.4 is 0 Å². The summed E-state index contributed by atoms with van der Waals surface area (Å²) in [7, 11) is -4.15. The van der Waals surface area contributed by atoms with Gasteiger partial charge in [0.2, 0.25) is 15.9 Å². The van der Waals surface area contributed by atoms with Gasteiger partial charge in [0.15, 0.2) is 0 Å². The summed E-state index contributed by atoms with van der Waals surface area (Å²) in [4.78, 5) is 17.7. The number of carbonyl (C=O) groups is 1. The van der Waals surface area contributed by atoms with Gasteiger partial charge in [-0.1, -0.05) is 17.7 Å². The molecule has 1 amide bonds. The van der Waals surface area contributed by atoms with Crippen molar-refractivity contribution in [2.75, 3.05) is 26.2 Å². The minimum Gasteiger partial charge on any atom is -0.340 e. The smallest absolute Gasteiger partial charge is 0.340 e. The SMILES string of the molecule is Cc1ccc(CC(=O)N2CCN(S(=O)(=O)c3ccc(Cl)c(C(F)(F)F)c3)CC2)cn1. The number of amides is 1. The minimum absolute atomic E-state index is 0.00972. The second kappa shape index (κ2) is 8.52. The molecule has 6 nitrogen and oxygen atoms in total. The number of carbonyl (C=O) groups excluding carboxylic acids is 1. The fraction of sp³-hybridized carbons (Fsp3) is 0.368. The van der Waals surface area contributed by atoms with E-state index in [0.29, 0.717) is 6.07 Å². The van der Waals surface area contributed by atoms with E-state index >= 15 is 0 Å². The molecule has 30 heavy (non-hydrogen) atoms. The van der Waals surface area contributed by atoms with Crippen LogP contribution in [0.4, 0.5) is 13.2 Å². The summed E-state index contributed by atoms with van der Waals surface area (Å²) in [6.07, 6.45) is -3.00. The van der Waals surface area contributed by atoms with E-state index in [-0.39, 0.29) is 38.5 Å². The fourth-order valence-electron chi connectivity index (χ4n) is 3.10. The summed E-state index contributed by atoms with van der Waals surface area (Å²) in [5.41, 5.74) is 0.383. The van der Waals surface area contributed by atoms with Gasteiger partial charge >= 0.3 is 6.18 Å². The standard InChI is InChI=1S/C19H19ClF3N3O3S/c1-13-2-3-14(12-24-13)10-18(27)25-6-8-26(9-7-25)30(28,29)15-4-5-17(20)16(11-15)19(21,22)23/h2-5,11-12H,6-10H2,1H3. The third kappa shape index (κ3) is 4.93. The first-order chi connectivity index (χ1) is 14.0. The van der Waals surface area contributed by atoms with E-state index in [0.717, 1.165) is 27.7 Å². The van der Waals surface area contributed by atoms with Gasteiger partial charge in [0.1, 0.15) is 0 Å². The van der Waals surface area contributed by atoms with Crippen molar-refractivity contribution in [1.82, 2.24) is 14.2 Å². The highest BCUT2D eigenvalue weighted by Crippen LogP contribution is 2.36. The van der Waals surface area contributed by atoms with Gasteiger partial charge in [0, 0.05) is 38.1 Å². The molecule has 1 aliphatic rings. The minimum atomic E-state index is -4.77. The molecule has 0 atom stereocenters. The lowest BCUT2D eigenvalue weighted by molar-refractivity contribution is -0.137. The maximum atomic E-state index is 13.1. The number of alkyl halides is 3. The van der Waals surface area contributed by atoms with Gasteiger partial charge in [-0.3, -0.25) is 9.78 Å². The average Bonchev–Trinajstić information content (AvgIpc) is 2.69. The van der Waals surface area contributed by atoms with Crippen LogP contribution in [0.3, 0.4) is 0 Å². The quantitative estimate of drug-likeness (QED) is 0.701. The Hall–Kier alpha value is -2.17. The summed E-state index contributed by atoms with van der Waals surface area (Å²) in [5, 5.41) is -0.567. The number of benzene rings is 1. The number of pyridine rings is 1. The molecule has 0 bridgehead atoms. The Morgan fingerprint density at radius 1 is 1.13 bits per heavy atom. The predicted octanol–water partition coefficient (Wildman–Crippen LogP) is 3.14. The third-order valence-corrected chi connectivity index (χ3v) is 7.02. The number of hydrogen-bond acceptors (Lipinski definition) is 4. The first kappa shape index (κ1) is 22.5. The second-order valence-electron chi connectivity index (χ2n) is 6.91. The maximum Gasteiger partial charge on any atom is 0.417 e. The molecule has 11 heteroatoms. The zero-order chi connectivity index (χ0) is 22.1. The van der Waals surface area contributed by atoms with Crippen molar-refractivity contribution in [3.8, 4) is 0 Å². The van der Waals surface area contributed by atoms with Crippen LogP contribution in [-0.2, 0) is 27.4 Å². The summed E-state index contributed by atoms with van der Waals surface area (Å²) >= 11 is 5.57. The Kier molecular flexibility index (Phi) is 6.40. The topological polar surface area (TPSA) is 70.6 Å². The van der Waals surface area contributed by atoms with Crippen LogP contribution in [-0.4, -0.2) is 54.7 Å². The molecule has 1 saturated heterocycles. The van der Waals surface area contributed by atoms with Gasteiger partial charge in [0.05, 0.1) is 21.9 Å². The van der Waals surface area contributed by atoms with Crippen LogP contribution in [0.1, 0.15) is 16.8 Å². The van der Waals surface area contributed by atoms with Gasteiger partial charge in [-0.15, -0.1) is 0 Å². The highest BCUT2D eigenvalue weighted by Gasteiger charge is 2.36. The number of aryl methyl sites for hydroxylation is 1. The number of aromatic nitrogens is 1. The molecular weight excluding hydrogens is 443 g/mol. The summed E-state index contributed by atoms with van der Waals surface area (Å²) in [5.74, 6) is -0.163. The van der Waals surface area contributed by atoms with E-state index in [1.54, 1.807) is 18.3 Å². The zero-order valence-electron chi connectivity index (χ0n) is 16.0. The number of nitrogens with zero attached hydrogens (tertiary/aromatic N) is 3. The number of halogens is 4. The molecule has 0 N–H and O–H groups in total. The maximum absolute atomic E-state index is 13.1. The lowest BCUT2D eigenvalue weighted by atomic mass is 10.1. The van der Waals surface area contributed by atoms with Crippen LogP contribution in [0.15, 0.2) is 41.4 Å². The lowest BCUT2D eigenvalue weighted by Crippen LogP contribution is -2.50. The molecule has 3 rings (SSSR count). The van der Waals surface area contributed by atoms with Crippen molar-refractivity contribution in [2.24, 2.45) is 0 Å². The van der Waals surface area contributed by atoms with Crippen molar-refractivity contribution < 1.29 is 26.4 Å². The molecule has 0 radical (unpaired) electrons. The molecule has 162 valence electrons. The van der Waals surface area contributed by atoms with E-state index < -0.39 is 31.7 Å². The van der Waals surface area contributed by atoms with E-state index in [4.69, 9.17) is 11.6 Å². The first-order valence-corrected chi connectivity index (χ1v) is 10.9. The summed E-state index contributed by atoms with van der Waals surface area (Å²) in [6.45, 7) is 2.12. The molecular formula is C19H19ClF3N3O3S. The van der Waals surface area contributed by atoms with E-state index in [2.05, 4.69) is 4.98 Å². The molecule has 1 aromatic heterocycles.